The molecule has 698 valence electrons. The van der Waals surface area contributed by atoms with Gasteiger partial charge in [-0.15, -0.1) is 0 Å². The van der Waals surface area contributed by atoms with E-state index in [0.29, 0.717) is 68.9 Å². The first kappa shape index (κ1) is 96.9. The molecule has 0 fully saturated rings. The van der Waals surface area contributed by atoms with E-state index in [-0.39, 0.29) is 84.3 Å². The fourth-order valence-corrected chi connectivity index (χ4v) is 15.9. The van der Waals surface area contributed by atoms with E-state index in [9.17, 15) is 5.26 Å². The molecule has 141 heavy (non-hydrogen) atoms. The Morgan fingerprint density at radius 2 is 0.617 bits per heavy atom. The number of fused-ring (bicyclic) bond motifs is 8. The molecule has 38 heteroatoms. The van der Waals surface area contributed by atoms with E-state index in [1.54, 1.807) is 67.6 Å². The number of anilines is 1. The number of aryl methyl sites for hydroxylation is 2. The number of imidazole rings is 8. The Hall–Kier alpha value is -15.8. The van der Waals surface area contributed by atoms with E-state index < -0.39 is 22.2 Å². The number of pyridine rings is 4. The number of nitrogens with zero attached hydrogens (tertiary/aromatic N) is 34. The van der Waals surface area contributed by atoms with Crippen LogP contribution in [0.1, 0.15) is 104 Å². The Kier molecular flexibility index (Phi) is 28.0. The topological polar surface area (TPSA) is 376 Å². The molecular weight excluding hydrogens is 2490 g/mol. The Morgan fingerprint density at radius 3 is 1.01 bits per heavy atom. The van der Waals surface area contributed by atoms with Crippen molar-refractivity contribution in [1.29, 1.82) is 5.26 Å². The molecule has 18 heterocycles. The van der Waals surface area contributed by atoms with Crippen molar-refractivity contribution in [3.05, 3.63) is 382 Å². The van der Waals surface area contributed by atoms with Crippen LogP contribution in [0.25, 0.3) is 135 Å². The maximum Gasteiger partial charge on any atom is 2.00 e. The van der Waals surface area contributed by atoms with Crippen molar-refractivity contribution in [3.8, 4) is 52.9 Å². The molecule has 18 aromatic heterocycles. The number of rotatable bonds is 17. The van der Waals surface area contributed by atoms with Crippen LogP contribution in [0.4, 0.5) is 5.69 Å². The van der Waals surface area contributed by atoms with E-state index in [2.05, 4.69) is 195 Å². The van der Waals surface area contributed by atoms with Gasteiger partial charge in [-0.1, -0.05) is 204 Å². The average Bonchev–Trinajstić information content (AvgIpc) is 1.75. The van der Waals surface area contributed by atoms with E-state index >= 15 is 0 Å². The normalized spacial score (nSPS) is 11.4. The summed E-state index contributed by atoms with van der Waals surface area (Å²) in [7, 11) is 4.06. The molecule has 0 aliphatic carbocycles. The third kappa shape index (κ3) is 18.8. The van der Waals surface area contributed by atoms with Crippen molar-refractivity contribution in [2.45, 2.75) is 77.6 Å². The SMILES string of the molecule is CC(C)(c1ccnc(-n2[c-]nc3ccccc32)n1)c1ccnc(-n2[c-]nc3ccccc32)n1.CC(C)(c1cncc(-n2[c-]nc3ccccc32)n1)c1cncc(-n2[c-]nc3ccccc32)n1.CN(C)c1cc(-n2[c-]nc3ccccc32)nc(C(C)(C)c2cccc(-n3[c-]nc4ccccc43)n2)c1.Cc1ncnc2c1n[c-]n2-c1cccc(C(C#N)c2cccc(-n3[c-]nc4c(C)ncnc43)n2)n1.[Pt+2].[Pt+2].[Pt+2].[Pt+2]. The van der Waals surface area contributed by atoms with Crippen LogP contribution in [0.3, 0.4) is 0 Å². The molecule has 0 bridgehead atoms. The summed E-state index contributed by atoms with van der Waals surface area (Å²) in [6.07, 6.45) is 37.4. The first-order valence-corrected chi connectivity index (χ1v) is 43.4. The summed E-state index contributed by atoms with van der Waals surface area (Å²) in [5.74, 6) is 4.22. The third-order valence-electron chi connectivity index (χ3n) is 23.7. The van der Waals surface area contributed by atoms with Crippen LogP contribution in [-0.2, 0) is 101 Å². The van der Waals surface area contributed by atoms with Gasteiger partial charge in [0, 0.05) is 175 Å². The van der Waals surface area contributed by atoms with Crippen molar-refractivity contribution in [1.82, 2.24) is 156 Å². The van der Waals surface area contributed by atoms with Gasteiger partial charge in [-0.05, 0) is 142 Å². The smallest absolute Gasteiger partial charge is 0.411 e. The van der Waals surface area contributed by atoms with Crippen LogP contribution in [0.2, 0.25) is 0 Å². The summed E-state index contributed by atoms with van der Waals surface area (Å²) in [6.45, 7) is 16.3. The molecule has 0 atom stereocenters. The predicted molar refractivity (Wildman–Crippen MR) is 512 cm³/mol. The maximum atomic E-state index is 10.1. The van der Waals surface area contributed by atoms with E-state index in [1.165, 1.54) is 12.7 Å². The van der Waals surface area contributed by atoms with Gasteiger partial charge in [-0.2, -0.15) is 5.26 Å². The Morgan fingerprint density at radius 1 is 0.298 bits per heavy atom. The summed E-state index contributed by atoms with van der Waals surface area (Å²) >= 11 is 0. The number of para-hydroxylation sites is 12. The minimum Gasteiger partial charge on any atom is -0.411 e. The van der Waals surface area contributed by atoms with E-state index in [4.69, 9.17) is 39.9 Å². The molecule has 0 saturated heterocycles. The molecule has 0 saturated carbocycles. The molecule has 0 aliphatic heterocycles. The fourth-order valence-electron chi connectivity index (χ4n) is 15.9. The number of aromatic nitrogens is 32. The van der Waals surface area contributed by atoms with Gasteiger partial charge in [-0.3, -0.25) is 79.7 Å². The Labute approximate surface area is 864 Å². The van der Waals surface area contributed by atoms with E-state index in [0.717, 1.165) is 129 Å². The van der Waals surface area contributed by atoms with Crippen LogP contribution < -0.4 is 4.90 Å². The molecule has 24 rings (SSSR count). The van der Waals surface area contributed by atoms with Gasteiger partial charge in [0.1, 0.15) is 30.5 Å². The van der Waals surface area contributed by atoms with Gasteiger partial charge in [0.05, 0.1) is 69.2 Å². The molecule has 0 radical (unpaired) electrons. The monoisotopic (exact) mass is 2570 g/mol. The van der Waals surface area contributed by atoms with Crippen LogP contribution in [0.15, 0.2) is 274 Å². The largest absolute Gasteiger partial charge is 2.00 e. The number of hydrogen-bond acceptors (Lipinski definition) is 26. The molecule has 34 nitrogen and oxygen atoms in total. The molecule has 0 unspecified atom stereocenters. The summed E-state index contributed by atoms with van der Waals surface area (Å²) in [5, 5.41) is 10.1. The van der Waals surface area contributed by atoms with Gasteiger partial charge in [0.15, 0.2) is 0 Å². The second-order valence-corrected chi connectivity index (χ2v) is 33.7. The second-order valence-electron chi connectivity index (χ2n) is 33.7. The van der Waals surface area contributed by atoms with Gasteiger partial charge < -0.3 is 81.3 Å². The summed E-state index contributed by atoms with van der Waals surface area (Å²) in [6, 6.07) is 74.5. The van der Waals surface area contributed by atoms with Crippen molar-refractivity contribution >= 4 is 94.2 Å². The number of hydrogen-bond donors (Lipinski definition) is 0. The number of benzene rings is 6. The molecular formula is C103H76N34Pt4. The maximum absolute atomic E-state index is 10.1. The molecule has 6 aromatic carbocycles. The zero-order valence-electron chi connectivity index (χ0n) is 76.5. The summed E-state index contributed by atoms with van der Waals surface area (Å²) in [4.78, 5) is 111. The summed E-state index contributed by atoms with van der Waals surface area (Å²) in [5.41, 5.74) is 20.3. The molecule has 0 aliphatic rings. The minimum absolute atomic E-state index is 0. The minimum atomic E-state index is -0.716. The quantitative estimate of drug-likeness (QED) is 0.0764. The van der Waals surface area contributed by atoms with Gasteiger partial charge in [-0.25, -0.2) is 0 Å². The number of nitriles is 1. The second kappa shape index (κ2) is 40.7. The molecule has 0 N–H and O–H groups in total. The van der Waals surface area contributed by atoms with Crippen LogP contribution in [0.5, 0.6) is 0 Å². The van der Waals surface area contributed by atoms with Gasteiger partial charge >= 0.3 is 84.3 Å². The Bertz CT molecular complexity index is 8120. The first-order valence-electron chi connectivity index (χ1n) is 43.4. The third-order valence-corrected chi connectivity index (χ3v) is 23.7. The fraction of sp³-hybridized carbons (Fsp3) is 0.136. The van der Waals surface area contributed by atoms with Crippen molar-refractivity contribution in [3.63, 3.8) is 0 Å². The van der Waals surface area contributed by atoms with Crippen LogP contribution in [0, 0.1) is 75.8 Å². The zero-order valence-corrected chi connectivity index (χ0v) is 85.6. The van der Waals surface area contributed by atoms with Crippen molar-refractivity contribution < 1.29 is 84.3 Å². The van der Waals surface area contributed by atoms with Crippen molar-refractivity contribution in [2.24, 2.45) is 0 Å². The van der Waals surface area contributed by atoms with Gasteiger partial charge in [0.2, 0.25) is 0 Å². The predicted octanol–water partition coefficient (Wildman–Crippen LogP) is 15.5. The van der Waals surface area contributed by atoms with Gasteiger partial charge in [0.25, 0.3) is 0 Å². The van der Waals surface area contributed by atoms with Crippen molar-refractivity contribution in [2.75, 3.05) is 19.0 Å². The summed E-state index contributed by atoms with van der Waals surface area (Å²) < 4.78 is 14.3. The van der Waals surface area contributed by atoms with Crippen LogP contribution >= 0.6 is 0 Å². The zero-order chi connectivity index (χ0) is 93.6. The Balaban J connectivity index is 0.000000128. The first-order chi connectivity index (χ1) is 66.8. The van der Waals surface area contributed by atoms with E-state index in [1.807, 2.05) is 246 Å². The van der Waals surface area contributed by atoms with Crippen LogP contribution in [-0.4, -0.2) is 170 Å². The average molecular weight is 2570 g/mol. The molecule has 0 spiro atoms. The molecule has 24 aromatic rings. The molecule has 0 amide bonds. The standard InChI is InChI=1S/C29H25N7.2C25H18N8.C24H15N11.4Pt/c1-29(2,25-14-9-15-27(32-25)35-18-30-21-10-5-7-12-23(21)35)26-16-20(34(3)4)17-28(33-26)36-19-31-22-11-6-8-13-24(22)36;1-25(2,21-11-26-13-23(30-21)32-15-28-17-7-3-5-9-19(17)32)22-12-27-14-24(31-22)33-16-29-18-8-4-6-10-20(18)33;1-25(2,21-11-13-26-23(30-21)32-15-28-17-7-3-5-9-19(17)32)22-12-14-27-24(31-22)33-16-29-18-8-4-6-10-20(18)33;1-14-21-23(28-10-26-14)34(12-30-21)19-7-3-5-17(32-19)16(9-25)18-6-4-8-20(33-18)35-13-31-22-15(2)27-11-29-24(22)35;;;;/h5-17H,1-4H3;2*3-14H,1-2H3;3-8,10-11,16H,1-2H3;;;;/q4*-2;4*+2.